The number of hydrogen-bond acceptors (Lipinski definition) is 15. The molecule has 0 bridgehead atoms. The number of carbonyl (C=O) groups excluding carboxylic acids is 4. The molecule has 0 aliphatic rings. The Morgan fingerprint density at radius 3 is 0.584 bits per heavy atom. The largest absolute Gasteiger partial charge is 0.472 e. The molecule has 5 atom stereocenters. The summed E-state index contributed by atoms with van der Waals surface area (Å²) in [6.07, 6.45) is 69.5. The Morgan fingerprint density at radius 2 is 0.396 bits per heavy atom. The Balaban J connectivity index is 5.17. The van der Waals surface area contributed by atoms with Crippen LogP contribution in [0.1, 0.15) is 445 Å². The summed E-state index contributed by atoms with van der Waals surface area (Å²) in [6.45, 7) is 5.00. The van der Waals surface area contributed by atoms with Gasteiger partial charge in [0.25, 0.3) is 0 Å². The number of aliphatic hydroxyl groups is 1. The van der Waals surface area contributed by atoms with Gasteiger partial charge in [-0.25, -0.2) is 9.13 Å². The molecule has 0 aliphatic heterocycles. The summed E-state index contributed by atoms with van der Waals surface area (Å²) in [6, 6.07) is 0. The fraction of sp³-hybridized carbons (Fsp3) is 0.951. The van der Waals surface area contributed by atoms with Crippen molar-refractivity contribution in [3.8, 4) is 0 Å². The summed E-state index contributed by atoms with van der Waals surface area (Å²) in [5, 5.41) is 10.6. The summed E-state index contributed by atoms with van der Waals surface area (Å²) >= 11 is 0. The maximum Gasteiger partial charge on any atom is 0.472 e. The monoisotopic (exact) mass is 1480 g/mol. The van der Waals surface area contributed by atoms with Crippen LogP contribution in [0.5, 0.6) is 0 Å². The molecule has 0 saturated carbocycles. The van der Waals surface area contributed by atoms with Crippen LogP contribution in [0.2, 0.25) is 0 Å². The number of phosphoric acid groups is 2. The van der Waals surface area contributed by atoms with E-state index >= 15 is 0 Å². The van der Waals surface area contributed by atoms with Crippen LogP contribution in [0.15, 0.2) is 0 Å². The molecule has 600 valence electrons. The van der Waals surface area contributed by atoms with Gasteiger partial charge < -0.3 is 33.8 Å². The van der Waals surface area contributed by atoms with Crippen molar-refractivity contribution in [2.45, 2.75) is 463 Å². The molecule has 0 rings (SSSR count). The summed E-state index contributed by atoms with van der Waals surface area (Å²) in [5.74, 6) is -2.11. The fourth-order valence-corrected chi connectivity index (χ4v) is 14.4. The number of ether oxygens (including phenoxy) is 4. The van der Waals surface area contributed by atoms with Crippen molar-refractivity contribution < 1.29 is 80.2 Å². The normalized spacial score (nSPS) is 13.8. The molecule has 2 unspecified atom stereocenters. The quantitative estimate of drug-likeness (QED) is 0.0222. The second-order valence-corrected chi connectivity index (χ2v) is 32.4. The zero-order valence-electron chi connectivity index (χ0n) is 65.9. The molecule has 0 saturated heterocycles. The van der Waals surface area contributed by atoms with Crippen LogP contribution in [0.25, 0.3) is 0 Å². The standard InChI is InChI=1S/C82H160O17P2/c1-5-9-13-17-21-25-28-31-34-36-37-38-39-40-42-44-47-50-53-57-61-65-69-82(87)99-78(73-93-80(85)67-63-59-55-51-48-46-43-41-35-32-29-26-22-18-14-10-6-2)75-97-101(90,91)95-71-76(83)70-94-100(88,89)96-74-77(72-92-79(84)66-62-58-54-24-20-16-12-8-4)98-81(86)68-64-60-56-52-49-45-33-30-27-23-19-15-11-7-3/h76-78,83H,5-75H2,1-4H3,(H,88,89)(H,90,91)/t76-,77+,78+/m0/s1. The van der Waals surface area contributed by atoms with E-state index in [1.807, 2.05) is 0 Å². The first kappa shape index (κ1) is 99.1. The molecule has 0 radical (unpaired) electrons. The average Bonchev–Trinajstić information content (AvgIpc) is 1.12. The molecule has 0 amide bonds. The molecule has 101 heavy (non-hydrogen) atoms. The van der Waals surface area contributed by atoms with Crippen LogP contribution >= 0.6 is 15.6 Å². The summed E-state index contributed by atoms with van der Waals surface area (Å²) < 4.78 is 68.7. The molecule has 19 heteroatoms. The van der Waals surface area contributed by atoms with E-state index in [2.05, 4.69) is 27.7 Å². The maximum atomic E-state index is 13.1. The van der Waals surface area contributed by atoms with Gasteiger partial charge in [-0.1, -0.05) is 394 Å². The Morgan fingerprint density at radius 1 is 0.238 bits per heavy atom. The molecular formula is C82H160O17P2. The Bertz CT molecular complexity index is 1910. The number of carbonyl (C=O) groups is 4. The third-order valence-corrected chi connectivity index (χ3v) is 21.3. The predicted octanol–water partition coefficient (Wildman–Crippen LogP) is 25.0. The minimum atomic E-state index is -4.96. The first-order chi connectivity index (χ1) is 49.2. The van der Waals surface area contributed by atoms with Crippen LogP contribution < -0.4 is 0 Å². The first-order valence-electron chi connectivity index (χ1n) is 42.8. The molecule has 0 aliphatic carbocycles. The topological polar surface area (TPSA) is 237 Å². The van der Waals surface area contributed by atoms with E-state index < -0.39 is 97.5 Å². The lowest BCUT2D eigenvalue weighted by Gasteiger charge is -2.21. The number of esters is 4. The van der Waals surface area contributed by atoms with Gasteiger partial charge in [-0.15, -0.1) is 0 Å². The SMILES string of the molecule is CCCCCCCCCCCCCCCCCCCCCCCCC(=O)O[C@H](COC(=O)CCCCCCCCCCCCCCCCCCC)COP(=O)(O)OC[C@@H](O)COP(=O)(O)OC[C@@H](COC(=O)CCCCCCCCCC)OC(=O)CCCCCCCCCCCCCCCC. The lowest BCUT2D eigenvalue weighted by atomic mass is 10.0. The fourth-order valence-electron chi connectivity index (χ4n) is 12.8. The van der Waals surface area contributed by atoms with Gasteiger partial charge in [-0.2, -0.15) is 0 Å². The Kier molecular flexibility index (Phi) is 74.8. The van der Waals surface area contributed by atoms with E-state index in [9.17, 15) is 43.2 Å². The molecule has 0 aromatic rings. The molecular weight excluding hydrogens is 1320 g/mol. The minimum Gasteiger partial charge on any atom is -0.462 e. The van der Waals surface area contributed by atoms with Gasteiger partial charge in [-0.05, 0) is 25.7 Å². The highest BCUT2D eigenvalue weighted by Gasteiger charge is 2.30. The van der Waals surface area contributed by atoms with Gasteiger partial charge in [-0.3, -0.25) is 37.3 Å². The Hall–Kier alpha value is -1.94. The summed E-state index contributed by atoms with van der Waals surface area (Å²) in [4.78, 5) is 72.9. The van der Waals surface area contributed by atoms with Gasteiger partial charge in [0.15, 0.2) is 12.2 Å². The van der Waals surface area contributed by atoms with Crippen molar-refractivity contribution in [3.05, 3.63) is 0 Å². The van der Waals surface area contributed by atoms with Crippen LogP contribution in [-0.4, -0.2) is 96.7 Å². The van der Waals surface area contributed by atoms with Gasteiger partial charge in [0, 0.05) is 25.7 Å². The third-order valence-electron chi connectivity index (χ3n) is 19.4. The average molecular weight is 1480 g/mol. The van der Waals surface area contributed by atoms with Gasteiger partial charge in [0.05, 0.1) is 26.4 Å². The molecule has 0 spiro atoms. The number of rotatable bonds is 83. The van der Waals surface area contributed by atoms with Crippen LogP contribution in [0.3, 0.4) is 0 Å². The smallest absolute Gasteiger partial charge is 0.462 e. The van der Waals surface area contributed by atoms with Crippen molar-refractivity contribution in [3.63, 3.8) is 0 Å². The van der Waals surface area contributed by atoms with Crippen LogP contribution in [-0.2, 0) is 65.4 Å². The number of hydrogen-bond donors (Lipinski definition) is 3. The van der Waals surface area contributed by atoms with E-state index in [1.54, 1.807) is 0 Å². The number of aliphatic hydroxyl groups excluding tert-OH is 1. The highest BCUT2D eigenvalue weighted by atomic mass is 31.2. The van der Waals surface area contributed by atoms with E-state index in [0.717, 1.165) is 89.9 Å². The first-order valence-corrected chi connectivity index (χ1v) is 45.8. The van der Waals surface area contributed by atoms with Crippen LogP contribution in [0.4, 0.5) is 0 Å². The molecule has 0 heterocycles. The van der Waals surface area contributed by atoms with E-state index in [-0.39, 0.29) is 25.7 Å². The van der Waals surface area contributed by atoms with Crippen LogP contribution in [0, 0.1) is 0 Å². The number of unbranched alkanes of at least 4 members (excludes halogenated alkanes) is 57. The Labute approximate surface area is 619 Å². The predicted molar refractivity (Wildman–Crippen MR) is 414 cm³/mol. The van der Waals surface area contributed by atoms with Gasteiger partial charge in [0.1, 0.15) is 19.3 Å². The van der Waals surface area contributed by atoms with Crippen molar-refractivity contribution in [1.82, 2.24) is 0 Å². The molecule has 0 fully saturated rings. The van der Waals surface area contributed by atoms with E-state index in [4.69, 9.17) is 37.0 Å². The lowest BCUT2D eigenvalue weighted by Crippen LogP contribution is -2.30. The van der Waals surface area contributed by atoms with E-state index in [0.29, 0.717) is 25.7 Å². The molecule has 17 nitrogen and oxygen atoms in total. The van der Waals surface area contributed by atoms with Crippen molar-refractivity contribution in [1.29, 1.82) is 0 Å². The van der Waals surface area contributed by atoms with E-state index in [1.165, 1.54) is 276 Å². The zero-order valence-corrected chi connectivity index (χ0v) is 67.7. The highest BCUT2D eigenvalue weighted by molar-refractivity contribution is 7.47. The second-order valence-electron chi connectivity index (χ2n) is 29.5. The molecule has 0 aromatic heterocycles. The third kappa shape index (κ3) is 76.1. The summed E-state index contributed by atoms with van der Waals surface area (Å²) in [5.41, 5.74) is 0. The highest BCUT2D eigenvalue weighted by Crippen LogP contribution is 2.45. The molecule has 3 N–H and O–H groups in total. The van der Waals surface area contributed by atoms with Gasteiger partial charge >= 0.3 is 39.5 Å². The van der Waals surface area contributed by atoms with Gasteiger partial charge in [0.2, 0.25) is 0 Å². The zero-order chi connectivity index (χ0) is 73.9. The van der Waals surface area contributed by atoms with Crippen molar-refractivity contribution >= 4 is 39.5 Å². The minimum absolute atomic E-state index is 0.108. The summed E-state index contributed by atoms with van der Waals surface area (Å²) in [7, 11) is -9.91. The lowest BCUT2D eigenvalue weighted by molar-refractivity contribution is -0.161. The molecule has 0 aromatic carbocycles. The maximum absolute atomic E-state index is 13.1. The second kappa shape index (κ2) is 76.3. The number of phosphoric ester groups is 2. The van der Waals surface area contributed by atoms with Crippen molar-refractivity contribution in [2.75, 3.05) is 39.6 Å². The van der Waals surface area contributed by atoms with Crippen molar-refractivity contribution in [2.24, 2.45) is 0 Å².